The molecule has 0 amide bonds. The zero-order valence-electron chi connectivity index (χ0n) is 12.7. The van der Waals surface area contributed by atoms with Gasteiger partial charge in [0.1, 0.15) is 17.4 Å². The van der Waals surface area contributed by atoms with Crippen LogP contribution in [-0.2, 0) is 6.42 Å². The van der Waals surface area contributed by atoms with Gasteiger partial charge in [0.2, 0.25) is 0 Å². The molecule has 0 saturated carbocycles. The zero-order valence-corrected chi connectivity index (χ0v) is 12.7. The molecule has 0 aliphatic carbocycles. The number of hydrogen-bond acceptors (Lipinski definition) is 4. The predicted molar refractivity (Wildman–Crippen MR) is 81.0 cm³/mol. The summed E-state index contributed by atoms with van der Waals surface area (Å²) in [7, 11) is 0. The van der Waals surface area contributed by atoms with Gasteiger partial charge in [-0.2, -0.15) is 0 Å². The van der Waals surface area contributed by atoms with Crippen LogP contribution in [0.15, 0.2) is 28.9 Å². The topological polar surface area (TPSA) is 51.0 Å². The van der Waals surface area contributed by atoms with E-state index in [0.717, 1.165) is 35.9 Å². The molecule has 2 aromatic heterocycles. The van der Waals surface area contributed by atoms with Crippen LogP contribution in [0.25, 0.3) is 0 Å². The third kappa shape index (κ3) is 4.08. The average Bonchev–Trinajstić information content (AvgIpc) is 2.88. The number of furan rings is 1. The minimum atomic E-state index is 0.342. The summed E-state index contributed by atoms with van der Waals surface area (Å²) in [5.41, 5.74) is 1.00. The Labute approximate surface area is 120 Å². The lowest BCUT2D eigenvalue weighted by atomic mass is 10.1. The van der Waals surface area contributed by atoms with Gasteiger partial charge in [-0.3, -0.25) is 0 Å². The molecule has 0 aliphatic rings. The number of hydrogen-bond donors (Lipinski definition) is 1. The number of anilines is 1. The molecule has 0 bridgehead atoms. The highest BCUT2D eigenvalue weighted by atomic mass is 16.3. The number of rotatable bonds is 6. The molecular weight excluding hydrogens is 250 g/mol. The Balaban J connectivity index is 1.95. The summed E-state index contributed by atoms with van der Waals surface area (Å²) in [6.07, 6.45) is 3.66. The van der Waals surface area contributed by atoms with Gasteiger partial charge in [0.15, 0.2) is 0 Å². The highest BCUT2D eigenvalue weighted by molar-refractivity contribution is 5.37. The molecule has 2 rings (SSSR count). The maximum atomic E-state index is 5.35. The largest absolute Gasteiger partial charge is 0.469 e. The van der Waals surface area contributed by atoms with Crippen molar-refractivity contribution in [2.45, 2.75) is 52.5 Å². The highest BCUT2D eigenvalue weighted by Crippen LogP contribution is 2.15. The fourth-order valence-electron chi connectivity index (χ4n) is 2.06. The third-order valence-corrected chi connectivity index (χ3v) is 3.19. The van der Waals surface area contributed by atoms with Crippen LogP contribution in [0.5, 0.6) is 0 Å². The van der Waals surface area contributed by atoms with Crippen molar-refractivity contribution < 1.29 is 4.42 Å². The summed E-state index contributed by atoms with van der Waals surface area (Å²) in [5, 5.41) is 3.45. The lowest BCUT2D eigenvalue weighted by molar-refractivity contribution is 0.494. The molecule has 108 valence electrons. The maximum absolute atomic E-state index is 5.35. The van der Waals surface area contributed by atoms with E-state index in [1.54, 1.807) is 6.26 Å². The number of nitrogens with zero attached hydrogens (tertiary/aromatic N) is 2. The Bertz CT molecular complexity index is 535. The normalized spacial score (nSPS) is 12.7. The first kappa shape index (κ1) is 14.6. The van der Waals surface area contributed by atoms with E-state index < -0.39 is 0 Å². The standard InChI is InChI=1S/C16H23N3O/c1-11(2)16-18-13(4)10-15(19-16)17-12(3)7-8-14-6-5-9-20-14/h5-6,9-12H,7-8H2,1-4H3,(H,17,18,19). The summed E-state index contributed by atoms with van der Waals surface area (Å²) in [5.74, 6) is 3.17. The molecule has 2 aromatic rings. The molecule has 0 fully saturated rings. The van der Waals surface area contributed by atoms with Crippen molar-refractivity contribution in [2.75, 3.05) is 5.32 Å². The minimum Gasteiger partial charge on any atom is -0.469 e. The van der Waals surface area contributed by atoms with Crippen LogP contribution in [0, 0.1) is 6.92 Å². The molecule has 4 nitrogen and oxygen atoms in total. The van der Waals surface area contributed by atoms with Crippen LogP contribution in [0.3, 0.4) is 0 Å². The summed E-state index contributed by atoms with van der Waals surface area (Å²) in [6, 6.07) is 6.28. The van der Waals surface area contributed by atoms with E-state index in [4.69, 9.17) is 4.42 Å². The molecule has 0 aliphatic heterocycles. The molecule has 0 radical (unpaired) electrons. The van der Waals surface area contributed by atoms with Gasteiger partial charge in [0, 0.05) is 30.1 Å². The number of aromatic nitrogens is 2. The van der Waals surface area contributed by atoms with Crippen molar-refractivity contribution in [3.8, 4) is 0 Å². The van der Waals surface area contributed by atoms with Crippen molar-refractivity contribution >= 4 is 5.82 Å². The van der Waals surface area contributed by atoms with Crippen LogP contribution >= 0.6 is 0 Å². The lowest BCUT2D eigenvalue weighted by Gasteiger charge is -2.15. The first-order chi connectivity index (χ1) is 9.54. The van der Waals surface area contributed by atoms with Crippen LogP contribution in [-0.4, -0.2) is 16.0 Å². The van der Waals surface area contributed by atoms with Crippen molar-refractivity contribution in [2.24, 2.45) is 0 Å². The molecule has 20 heavy (non-hydrogen) atoms. The molecule has 0 aromatic carbocycles. The number of aryl methyl sites for hydroxylation is 2. The van der Waals surface area contributed by atoms with E-state index in [1.165, 1.54) is 0 Å². The van der Waals surface area contributed by atoms with Gasteiger partial charge in [0.25, 0.3) is 0 Å². The third-order valence-electron chi connectivity index (χ3n) is 3.19. The summed E-state index contributed by atoms with van der Waals surface area (Å²) >= 11 is 0. The van der Waals surface area contributed by atoms with Crippen LogP contribution < -0.4 is 5.32 Å². The SMILES string of the molecule is Cc1cc(NC(C)CCc2ccco2)nc(C(C)C)n1. The van der Waals surface area contributed by atoms with Gasteiger partial charge in [-0.25, -0.2) is 9.97 Å². The van der Waals surface area contributed by atoms with Crippen LogP contribution in [0.1, 0.15) is 50.4 Å². The molecule has 1 unspecified atom stereocenters. The summed E-state index contributed by atoms with van der Waals surface area (Å²) in [6.45, 7) is 8.39. The fraction of sp³-hybridized carbons (Fsp3) is 0.500. The summed E-state index contributed by atoms with van der Waals surface area (Å²) < 4.78 is 5.35. The van der Waals surface area contributed by atoms with Crippen molar-refractivity contribution in [3.05, 3.63) is 41.7 Å². The Morgan fingerprint density at radius 1 is 1.25 bits per heavy atom. The maximum Gasteiger partial charge on any atom is 0.133 e. The Morgan fingerprint density at radius 2 is 2.05 bits per heavy atom. The first-order valence-electron chi connectivity index (χ1n) is 7.19. The van der Waals surface area contributed by atoms with Gasteiger partial charge in [-0.15, -0.1) is 0 Å². The second kappa shape index (κ2) is 6.55. The smallest absolute Gasteiger partial charge is 0.133 e. The molecule has 1 N–H and O–H groups in total. The van der Waals surface area contributed by atoms with E-state index in [1.807, 2.05) is 25.1 Å². The molecule has 4 heteroatoms. The first-order valence-corrected chi connectivity index (χ1v) is 7.19. The Kier molecular flexibility index (Phi) is 4.77. The van der Waals surface area contributed by atoms with E-state index in [9.17, 15) is 0 Å². The average molecular weight is 273 g/mol. The summed E-state index contributed by atoms with van der Waals surface area (Å²) in [4.78, 5) is 9.03. The molecule has 0 saturated heterocycles. The monoisotopic (exact) mass is 273 g/mol. The van der Waals surface area contributed by atoms with Crippen molar-refractivity contribution in [1.29, 1.82) is 0 Å². The lowest BCUT2D eigenvalue weighted by Crippen LogP contribution is -2.18. The molecule has 2 heterocycles. The fourth-order valence-corrected chi connectivity index (χ4v) is 2.06. The number of nitrogens with one attached hydrogen (secondary N) is 1. The molecular formula is C16H23N3O. The van der Waals surface area contributed by atoms with E-state index >= 15 is 0 Å². The Hall–Kier alpha value is -1.84. The van der Waals surface area contributed by atoms with Gasteiger partial charge in [0.05, 0.1) is 6.26 Å². The second-order valence-corrected chi connectivity index (χ2v) is 5.57. The predicted octanol–water partition coefficient (Wildman–Crippen LogP) is 3.93. The van der Waals surface area contributed by atoms with E-state index in [0.29, 0.717) is 12.0 Å². The second-order valence-electron chi connectivity index (χ2n) is 5.57. The molecule has 1 atom stereocenters. The van der Waals surface area contributed by atoms with Crippen LogP contribution in [0.2, 0.25) is 0 Å². The van der Waals surface area contributed by atoms with Crippen molar-refractivity contribution in [1.82, 2.24) is 9.97 Å². The van der Waals surface area contributed by atoms with E-state index in [-0.39, 0.29) is 0 Å². The Morgan fingerprint density at radius 3 is 2.70 bits per heavy atom. The van der Waals surface area contributed by atoms with Gasteiger partial charge < -0.3 is 9.73 Å². The van der Waals surface area contributed by atoms with Crippen LogP contribution in [0.4, 0.5) is 5.82 Å². The zero-order chi connectivity index (χ0) is 14.5. The molecule has 0 spiro atoms. The van der Waals surface area contributed by atoms with E-state index in [2.05, 4.69) is 36.1 Å². The van der Waals surface area contributed by atoms with Crippen molar-refractivity contribution in [3.63, 3.8) is 0 Å². The minimum absolute atomic E-state index is 0.342. The van der Waals surface area contributed by atoms with Gasteiger partial charge in [-0.05, 0) is 32.4 Å². The quantitative estimate of drug-likeness (QED) is 0.866. The highest BCUT2D eigenvalue weighted by Gasteiger charge is 2.09. The van der Waals surface area contributed by atoms with Gasteiger partial charge >= 0.3 is 0 Å². The van der Waals surface area contributed by atoms with Gasteiger partial charge in [-0.1, -0.05) is 13.8 Å².